The van der Waals surface area contributed by atoms with Crippen LogP contribution in [0.25, 0.3) is 0 Å². The summed E-state index contributed by atoms with van der Waals surface area (Å²) in [7, 11) is -3.00. The molecule has 0 radical (unpaired) electrons. The zero-order chi connectivity index (χ0) is 13.7. The van der Waals surface area contributed by atoms with Gasteiger partial charge in [-0.15, -0.1) is 11.3 Å². The van der Waals surface area contributed by atoms with Gasteiger partial charge in [-0.05, 0) is 19.9 Å². The summed E-state index contributed by atoms with van der Waals surface area (Å²) in [5.74, 6) is 0. The average molecular weight is 301 g/mol. The normalized spacial score (nSPS) is 23.9. The van der Waals surface area contributed by atoms with Crippen LogP contribution in [0.5, 0.6) is 0 Å². The van der Waals surface area contributed by atoms with Crippen molar-refractivity contribution in [3.8, 4) is 0 Å². The van der Waals surface area contributed by atoms with Gasteiger partial charge in [-0.3, -0.25) is 4.90 Å². The first-order valence-electron chi connectivity index (χ1n) is 6.45. The Bertz CT molecular complexity index is 576. The van der Waals surface area contributed by atoms with Gasteiger partial charge in [-0.1, -0.05) is 0 Å². The first kappa shape index (κ1) is 13.5. The lowest BCUT2D eigenvalue weighted by Crippen LogP contribution is -2.59. The van der Waals surface area contributed by atoms with Crippen molar-refractivity contribution in [2.45, 2.75) is 19.9 Å². The monoisotopic (exact) mass is 301 g/mol. The second-order valence-corrected chi connectivity index (χ2v) is 8.89. The summed E-state index contributed by atoms with van der Waals surface area (Å²) in [6.07, 6.45) is 2.40. The van der Waals surface area contributed by atoms with E-state index in [-0.39, 0.29) is 5.41 Å². The minimum absolute atomic E-state index is 0.203. The maximum atomic E-state index is 11.4. The van der Waals surface area contributed by atoms with E-state index >= 15 is 0 Å². The summed E-state index contributed by atoms with van der Waals surface area (Å²) in [5.41, 5.74) is 1.34. The van der Waals surface area contributed by atoms with Crippen LogP contribution >= 0.6 is 11.3 Å². The van der Waals surface area contributed by atoms with Crippen molar-refractivity contribution in [1.29, 1.82) is 0 Å². The van der Waals surface area contributed by atoms with E-state index in [1.807, 2.05) is 6.92 Å². The standard InChI is InChI=1S/C12H19N3O2S2/c1-10-13-11(6-18-10)5-14-4-3-12(7-14)8-15(9-12)19(2,16)17/h6H,3-5,7-9H2,1-2H3. The number of likely N-dealkylation sites (tertiary alicyclic amines) is 1. The minimum atomic E-state index is -3.00. The van der Waals surface area contributed by atoms with Gasteiger partial charge in [0.15, 0.2) is 0 Å². The van der Waals surface area contributed by atoms with E-state index in [9.17, 15) is 8.42 Å². The molecule has 2 fully saturated rings. The maximum absolute atomic E-state index is 11.4. The van der Waals surface area contributed by atoms with Crippen molar-refractivity contribution in [3.05, 3.63) is 16.1 Å². The molecule has 2 aliphatic heterocycles. The van der Waals surface area contributed by atoms with Crippen LogP contribution in [0.3, 0.4) is 0 Å². The van der Waals surface area contributed by atoms with Crippen molar-refractivity contribution in [2.24, 2.45) is 5.41 Å². The highest BCUT2D eigenvalue weighted by molar-refractivity contribution is 7.88. The number of hydrogen-bond donors (Lipinski definition) is 0. The largest absolute Gasteiger partial charge is 0.297 e. The molecule has 5 nitrogen and oxygen atoms in total. The van der Waals surface area contributed by atoms with Crippen molar-refractivity contribution >= 4 is 21.4 Å². The van der Waals surface area contributed by atoms with Gasteiger partial charge in [0.25, 0.3) is 0 Å². The lowest BCUT2D eigenvalue weighted by Gasteiger charge is -2.46. The third kappa shape index (κ3) is 2.69. The Morgan fingerprint density at radius 2 is 2.16 bits per heavy atom. The molecule has 1 spiro atoms. The molecule has 2 saturated heterocycles. The van der Waals surface area contributed by atoms with Crippen molar-refractivity contribution < 1.29 is 8.42 Å². The molecule has 19 heavy (non-hydrogen) atoms. The third-order valence-electron chi connectivity index (χ3n) is 4.06. The van der Waals surface area contributed by atoms with E-state index in [0.29, 0.717) is 13.1 Å². The summed E-state index contributed by atoms with van der Waals surface area (Å²) in [4.78, 5) is 6.89. The highest BCUT2D eigenvalue weighted by Gasteiger charge is 2.50. The van der Waals surface area contributed by atoms with E-state index in [2.05, 4.69) is 15.3 Å². The fourth-order valence-corrected chi connectivity index (χ4v) is 4.69. The SMILES string of the molecule is Cc1nc(CN2CCC3(C2)CN(S(C)(=O)=O)C3)cs1. The van der Waals surface area contributed by atoms with Gasteiger partial charge in [-0.2, -0.15) is 0 Å². The van der Waals surface area contributed by atoms with Gasteiger partial charge in [0.05, 0.1) is 17.0 Å². The Labute approximate surface area is 118 Å². The topological polar surface area (TPSA) is 53.5 Å². The van der Waals surface area contributed by atoms with Crippen LogP contribution in [-0.2, 0) is 16.6 Å². The van der Waals surface area contributed by atoms with Gasteiger partial charge in [0, 0.05) is 37.0 Å². The number of thiazole rings is 1. The van der Waals surface area contributed by atoms with Crippen molar-refractivity contribution in [3.63, 3.8) is 0 Å². The number of hydrogen-bond acceptors (Lipinski definition) is 5. The molecule has 3 rings (SSSR count). The Morgan fingerprint density at radius 3 is 2.74 bits per heavy atom. The molecule has 0 bridgehead atoms. The summed E-state index contributed by atoms with van der Waals surface area (Å²) in [6.45, 7) is 6.35. The Balaban J connectivity index is 1.57. The Morgan fingerprint density at radius 1 is 1.42 bits per heavy atom. The number of nitrogens with zero attached hydrogens (tertiary/aromatic N) is 3. The molecular weight excluding hydrogens is 282 g/mol. The van der Waals surface area contributed by atoms with E-state index in [1.165, 1.54) is 6.26 Å². The van der Waals surface area contributed by atoms with Crippen LogP contribution in [0.4, 0.5) is 0 Å². The molecule has 2 aliphatic rings. The van der Waals surface area contributed by atoms with Gasteiger partial charge in [0.1, 0.15) is 0 Å². The predicted molar refractivity (Wildman–Crippen MR) is 75.6 cm³/mol. The summed E-state index contributed by atoms with van der Waals surface area (Å²) >= 11 is 1.69. The molecule has 0 N–H and O–H groups in total. The molecule has 0 amide bonds. The van der Waals surface area contributed by atoms with E-state index in [4.69, 9.17) is 0 Å². The van der Waals surface area contributed by atoms with Crippen LogP contribution in [-0.4, -0.2) is 55.0 Å². The predicted octanol–water partition coefficient (Wildman–Crippen LogP) is 0.919. The number of aromatic nitrogens is 1. The maximum Gasteiger partial charge on any atom is 0.211 e. The smallest absolute Gasteiger partial charge is 0.211 e. The molecule has 0 saturated carbocycles. The average Bonchev–Trinajstić information content (AvgIpc) is 2.82. The Hall–Kier alpha value is -0.500. The summed E-state index contributed by atoms with van der Waals surface area (Å²) < 4.78 is 24.5. The zero-order valence-corrected chi connectivity index (χ0v) is 12.9. The van der Waals surface area contributed by atoms with Crippen molar-refractivity contribution in [1.82, 2.24) is 14.2 Å². The highest BCUT2D eigenvalue weighted by atomic mass is 32.2. The second kappa shape index (κ2) is 4.51. The molecule has 0 aromatic carbocycles. The first-order chi connectivity index (χ1) is 8.86. The number of aryl methyl sites for hydroxylation is 1. The van der Waals surface area contributed by atoms with E-state index in [1.54, 1.807) is 15.6 Å². The molecular formula is C12H19N3O2S2. The highest BCUT2D eigenvalue weighted by Crippen LogP contribution is 2.40. The van der Waals surface area contributed by atoms with Gasteiger partial charge < -0.3 is 0 Å². The van der Waals surface area contributed by atoms with E-state index in [0.717, 1.165) is 36.8 Å². The molecule has 0 aliphatic carbocycles. The zero-order valence-electron chi connectivity index (χ0n) is 11.3. The molecule has 1 aromatic rings. The molecule has 7 heteroatoms. The lowest BCUT2D eigenvalue weighted by atomic mass is 9.81. The van der Waals surface area contributed by atoms with Gasteiger partial charge in [0.2, 0.25) is 10.0 Å². The third-order valence-corrected chi connectivity index (χ3v) is 6.08. The van der Waals surface area contributed by atoms with Crippen LogP contribution in [0.1, 0.15) is 17.1 Å². The first-order valence-corrected chi connectivity index (χ1v) is 9.18. The van der Waals surface area contributed by atoms with Crippen molar-refractivity contribution in [2.75, 3.05) is 32.4 Å². The fraction of sp³-hybridized carbons (Fsp3) is 0.750. The molecule has 1 aromatic heterocycles. The van der Waals surface area contributed by atoms with Crippen LogP contribution in [0, 0.1) is 12.3 Å². The van der Waals surface area contributed by atoms with Crippen LogP contribution in [0.15, 0.2) is 5.38 Å². The molecule has 3 heterocycles. The van der Waals surface area contributed by atoms with Gasteiger partial charge in [-0.25, -0.2) is 17.7 Å². The second-order valence-electron chi connectivity index (χ2n) is 5.85. The lowest BCUT2D eigenvalue weighted by molar-refractivity contribution is 0.0775. The molecule has 0 atom stereocenters. The van der Waals surface area contributed by atoms with Gasteiger partial charge >= 0.3 is 0 Å². The van der Waals surface area contributed by atoms with Crippen LogP contribution < -0.4 is 0 Å². The number of rotatable bonds is 3. The molecule has 106 valence electrons. The minimum Gasteiger partial charge on any atom is -0.297 e. The van der Waals surface area contributed by atoms with E-state index < -0.39 is 10.0 Å². The number of sulfonamides is 1. The summed E-state index contributed by atoms with van der Waals surface area (Å²) in [5, 5.41) is 3.22. The Kier molecular flexibility index (Phi) is 3.20. The fourth-order valence-electron chi connectivity index (χ4n) is 3.07. The van der Waals surface area contributed by atoms with Crippen LogP contribution in [0.2, 0.25) is 0 Å². The molecule has 0 unspecified atom stereocenters. The summed E-state index contributed by atoms with van der Waals surface area (Å²) in [6, 6.07) is 0. The quantitative estimate of drug-likeness (QED) is 0.833.